The number of thiazole rings is 1. The Morgan fingerprint density at radius 1 is 1.42 bits per heavy atom. The number of hydrogen-bond donors (Lipinski definition) is 1. The Bertz CT molecular complexity index is 953. The third kappa shape index (κ3) is 2.82. The third-order valence-electron chi connectivity index (χ3n) is 4.97. The molecule has 26 heavy (non-hydrogen) atoms. The second kappa shape index (κ2) is 6.65. The molecule has 2 aromatic heterocycles. The van der Waals surface area contributed by atoms with E-state index in [0.717, 1.165) is 29.8 Å². The van der Waals surface area contributed by atoms with Gasteiger partial charge in [-0.2, -0.15) is 9.61 Å². The van der Waals surface area contributed by atoms with Crippen molar-refractivity contribution in [1.29, 1.82) is 0 Å². The van der Waals surface area contributed by atoms with Gasteiger partial charge >= 0.3 is 0 Å². The number of nitro benzene ring substituents is 1. The number of aromatic nitrogens is 3. The van der Waals surface area contributed by atoms with Crippen LogP contribution in [0.4, 0.5) is 5.69 Å². The fourth-order valence-corrected chi connectivity index (χ4v) is 4.76. The van der Waals surface area contributed by atoms with Crippen LogP contribution in [0.2, 0.25) is 0 Å². The van der Waals surface area contributed by atoms with Gasteiger partial charge in [-0.05, 0) is 31.9 Å². The predicted molar refractivity (Wildman–Crippen MR) is 97.5 cm³/mol. The second-order valence-electron chi connectivity index (χ2n) is 6.58. The van der Waals surface area contributed by atoms with E-state index in [0.29, 0.717) is 11.0 Å². The van der Waals surface area contributed by atoms with Gasteiger partial charge in [0, 0.05) is 18.2 Å². The van der Waals surface area contributed by atoms with Crippen LogP contribution < -0.4 is 0 Å². The fourth-order valence-electron chi connectivity index (χ4n) is 3.68. The minimum Gasteiger partial charge on any atom is -0.492 e. The van der Waals surface area contributed by atoms with Crippen molar-refractivity contribution in [2.24, 2.45) is 0 Å². The Morgan fingerprint density at radius 3 is 3.00 bits per heavy atom. The van der Waals surface area contributed by atoms with Gasteiger partial charge in [0.05, 0.1) is 15.8 Å². The van der Waals surface area contributed by atoms with Crippen molar-refractivity contribution >= 4 is 22.0 Å². The number of likely N-dealkylation sites (tertiary alicyclic amines) is 1. The number of rotatable bonds is 4. The lowest BCUT2D eigenvalue weighted by Gasteiger charge is -2.39. The lowest BCUT2D eigenvalue weighted by Crippen LogP contribution is -2.40. The van der Waals surface area contributed by atoms with Gasteiger partial charge in [0.15, 0.2) is 0 Å². The normalized spacial score (nSPS) is 19.7. The molecule has 0 amide bonds. The average molecular weight is 373 g/mol. The number of non-ortho nitro benzene ring substituents is 1. The Morgan fingerprint density at radius 2 is 2.27 bits per heavy atom. The molecule has 0 bridgehead atoms. The summed E-state index contributed by atoms with van der Waals surface area (Å²) in [5, 5.41) is 26.0. The first kappa shape index (κ1) is 16.9. The van der Waals surface area contributed by atoms with Crippen molar-refractivity contribution in [3.8, 4) is 5.88 Å². The Labute approximate surface area is 153 Å². The Hall–Kier alpha value is -2.52. The highest BCUT2D eigenvalue weighted by atomic mass is 32.1. The number of aromatic hydroxyl groups is 1. The van der Waals surface area contributed by atoms with Crippen molar-refractivity contribution in [2.45, 2.75) is 38.3 Å². The molecule has 1 aromatic carbocycles. The summed E-state index contributed by atoms with van der Waals surface area (Å²) in [5.41, 5.74) is 0.851. The molecular weight excluding hydrogens is 354 g/mol. The molecule has 1 aliphatic heterocycles. The second-order valence-corrected chi connectivity index (χ2v) is 7.59. The highest BCUT2D eigenvalue weighted by Crippen LogP contribution is 2.42. The molecule has 0 radical (unpaired) electrons. The van der Waals surface area contributed by atoms with Crippen molar-refractivity contribution in [1.82, 2.24) is 19.5 Å². The molecule has 2 atom stereocenters. The van der Waals surface area contributed by atoms with Gasteiger partial charge in [0.2, 0.25) is 10.8 Å². The summed E-state index contributed by atoms with van der Waals surface area (Å²) >= 11 is 1.37. The van der Waals surface area contributed by atoms with Crippen molar-refractivity contribution < 1.29 is 10.0 Å². The molecule has 1 fully saturated rings. The monoisotopic (exact) mass is 373 g/mol. The lowest BCUT2D eigenvalue weighted by molar-refractivity contribution is -0.384. The first-order chi connectivity index (χ1) is 12.6. The minimum atomic E-state index is -0.386. The van der Waals surface area contributed by atoms with E-state index in [9.17, 15) is 15.2 Å². The van der Waals surface area contributed by atoms with Crippen molar-refractivity contribution in [3.63, 3.8) is 0 Å². The molecule has 0 spiro atoms. The maximum absolute atomic E-state index is 11.2. The molecule has 0 aliphatic carbocycles. The van der Waals surface area contributed by atoms with E-state index in [1.165, 1.54) is 34.7 Å². The summed E-state index contributed by atoms with van der Waals surface area (Å²) in [5.74, 6) is 0.0526. The number of nitrogens with zero attached hydrogens (tertiary/aromatic N) is 5. The van der Waals surface area contributed by atoms with E-state index in [1.54, 1.807) is 12.1 Å². The molecule has 1 aliphatic rings. The van der Waals surface area contributed by atoms with Gasteiger partial charge in [0.1, 0.15) is 6.33 Å². The van der Waals surface area contributed by atoms with Crippen LogP contribution in [0.1, 0.15) is 42.7 Å². The van der Waals surface area contributed by atoms with E-state index in [4.69, 9.17) is 0 Å². The highest BCUT2D eigenvalue weighted by Gasteiger charge is 2.33. The minimum absolute atomic E-state index is 0.0520. The van der Waals surface area contributed by atoms with Gasteiger partial charge in [-0.1, -0.05) is 29.9 Å². The van der Waals surface area contributed by atoms with Crippen LogP contribution in [0.5, 0.6) is 5.88 Å². The topological polar surface area (TPSA) is 96.8 Å². The average Bonchev–Trinajstić information content (AvgIpc) is 3.21. The molecule has 1 N–H and O–H groups in total. The molecule has 8 nitrogen and oxygen atoms in total. The van der Waals surface area contributed by atoms with E-state index in [2.05, 4.69) is 21.9 Å². The van der Waals surface area contributed by atoms with Gasteiger partial charge in [-0.25, -0.2) is 4.98 Å². The Balaban J connectivity index is 1.86. The number of piperidine rings is 1. The number of benzene rings is 1. The number of fused-ring (bicyclic) bond motifs is 1. The maximum atomic E-state index is 11.2. The smallest absolute Gasteiger partial charge is 0.269 e. The third-order valence-corrected chi connectivity index (χ3v) is 6.06. The SMILES string of the molecule is CC1CCCCN1C(c1cccc([N+](=O)[O-])c1)c1sc2ncnn2c1O. The van der Waals surface area contributed by atoms with Crippen LogP contribution in [-0.2, 0) is 0 Å². The first-order valence-electron chi connectivity index (χ1n) is 8.57. The fraction of sp³-hybridized carbons (Fsp3) is 0.412. The molecule has 2 unspecified atom stereocenters. The summed E-state index contributed by atoms with van der Waals surface area (Å²) in [6, 6.07) is 6.72. The summed E-state index contributed by atoms with van der Waals surface area (Å²) in [6.45, 7) is 3.04. The maximum Gasteiger partial charge on any atom is 0.269 e. The highest BCUT2D eigenvalue weighted by molar-refractivity contribution is 7.17. The van der Waals surface area contributed by atoms with E-state index < -0.39 is 0 Å². The number of nitro groups is 1. The van der Waals surface area contributed by atoms with Gasteiger partial charge in [-0.3, -0.25) is 15.0 Å². The first-order valence-corrected chi connectivity index (χ1v) is 9.39. The molecule has 4 rings (SSSR count). The van der Waals surface area contributed by atoms with Crippen LogP contribution in [0.15, 0.2) is 30.6 Å². The van der Waals surface area contributed by atoms with Gasteiger partial charge in [0.25, 0.3) is 5.69 Å². The summed E-state index contributed by atoms with van der Waals surface area (Å²) in [6.07, 6.45) is 4.70. The van der Waals surface area contributed by atoms with Crippen LogP contribution in [0.3, 0.4) is 0 Å². The molecule has 3 aromatic rings. The largest absolute Gasteiger partial charge is 0.492 e. The summed E-state index contributed by atoms with van der Waals surface area (Å²) in [7, 11) is 0. The molecule has 9 heteroatoms. The van der Waals surface area contributed by atoms with Crippen molar-refractivity contribution in [3.05, 3.63) is 51.1 Å². The quantitative estimate of drug-likeness (QED) is 0.556. The van der Waals surface area contributed by atoms with Crippen LogP contribution in [-0.4, -0.2) is 42.1 Å². The zero-order valence-electron chi connectivity index (χ0n) is 14.3. The summed E-state index contributed by atoms with van der Waals surface area (Å²) < 4.78 is 1.42. The zero-order chi connectivity index (χ0) is 18.3. The van der Waals surface area contributed by atoms with E-state index in [-0.39, 0.29) is 22.5 Å². The van der Waals surface area contributed by atoms with E-state index in [1.807, 2.05) is 6.07 Å². The molecule has 1 saturated heterocycles. The molecule has 3 heterocycles. The van der Waals surface area contributed by atoms with Crippen LogP contribution >= 0.6 is 11.3 Å². The molecule has 0 saturated carbocycles. The van der Waals surface area contributed by atoms with Crippen LogP contribution in [0.25, 0.3) is 4.96 Å². The van der Waals surface area contributed by atoms with Crippen LogP contribution in [0, 0.1) is 10.1 Å². The molecular formula is C17H19N5O3S. The molecule has 136 valence electrons. The van der Waals surface area contributed by atoms with E-state index >= 15 is 0 Å². The lowest BCUT2D eigenvalue weighted by atomic mass is 9.96. The Kier molecular flexibility index (Phi) is 4.33. The van der Waals surface area contributed by atoms with Gasteiger partial charge in [-0.15, -0.1) is 0 Å². The predicted octanol–water partition coefficient (Wildman–Crippen LogP) is 3.37. The van der Waals surface area contributed by atoms with Gasteiger partial charge < -0.3 is 5.11 Å². The standard InChI is InChI=1S/C17H19N5O3S/c1-11-5-2-3-8-20(11)14(12-6-4-7-13(9-12)22(24)25)15-16(23)21-17(26-15)18-10-19-21/h4,6-7,9-11,14,23H,2-3,5,8H2,1H3. The zero-order valence-corrected chi connectivity index (χ0v) is 15.1. The number of hydrogen-bond acceptors (Lipinski definition) is 7. The van der Waals surface area contributed by atoms with Crippen molar-refractivity contribution in [2.75, 3.05) is 6.54 Å². The summed E-state index contributed by atoms with van der Waals surface area (Å²) in [4.78, 5) is 18.7.